The van der Waals surface area contributed by atoms with E-state index in [4.69, 9.17) is 9.47 Å². The van der Waals surface area contributed by atoms with E-state index in [0.29, 0.717) is 18.1 Å². The minimum Gasteiger partial charge on any atom is -0.496 e. The molecule has 0 unspecified atom stereocenters. The summed E-state index contributed by atoms with van der Waals surface area (Å²) < 4.78 is 10.6. The topological polar surface area (TPSA) is 51.1 Å². The number of ether oxygens (including phenoxy) is 2. The number of amidine groups is 1. The molecule has 23 heavy (non-hydrogen) atoms. The zero-order chi connectivity index (χ0) is 16.1. The molecular weight excluding hydrogens is 312 g/mol. The molecule has 0 radical (unpaired) electrons. The third-order valence-electron chi connectivity index (χ3n) is 3.55. The SMILES string of the molecule is COc1ccccc1/C=C/C=C1\SC(N2CCOCC2)=NC1=O. The maximum Gasteiger partial charge on any atom is 0.286 e. The number of amides is 1. The van der Waals surface area contributed by atoms with Crippen molar-refractivity contribution in [1.29, 1.82) is 0 Å². The van der Waals surface area contributed by atoms with Crippen LogP contribution in [0.25, 0.3) is 6.08 Å². The number of carbonyl (C=O) groups excluding carboxylic acids is 1. The van der Waals surface area contributed by atoms with Gasteiger partial charge in [-0.15, -0.1) is 0 Å². The maximum atomic E-state index is 12.0. The molecule has 1 aromatic carbocycles. The number of hydrogen-bond donors (Lipinski definition) is 0. The van der Waals surface area contributed by atoms with Crippen LogP contribution in [0.1, 0.15) is 5.56 Å². The summed E-state index contributed by atoms with van der Waals surface area (Å²) in [6.45, 7) is 2.92. The number of rotatable bonds is 3. The van der Waals surface area contributed by atoms with Crippen LogP contribution in [0, 0.1) is 0 Å². The molecular formula is C17H18N2O3S. The second kappa shape index (κ2) is 7.48. The van der Waals surface area contributed by atoms with Gasteiger partial charge in [0.05, 0.1) is 25.2 Å². The van der Waals surface area contributed by atoms with Gasteiger partial charge in [0.1, 0.15) is 5.75 Å². The molecule has 0 N–H and O–H groups in total. The van der Waals surface area contributed by atoms with Crippen molar-refractivity contribution in [2.24, 2.45) is 4.99 Å². The van der Waals surface area contributed by atoms with E-state index < -0.39 is 0 Å². The smallest absolute Gasteiger partial charge is 0.286 e. The molecule has 2 heterocycles. The van der Waals surface area contributed by atoms with Crippen LogP contribution in [-0.4, -0.2) is 49.4 Å². The first kappa shape index (κ1) is 15.8. The van der Waals surface area contributed by atoms with E-state index in [0.717, 1.165) is 29.6 Å². The molecule has 0 atom stereocenters. The molecule has 1 aromatic rings. The third-order valence-corrected chi connectivity index (χ3v) is 4.62. The maximum absolute atomic E-state index is 12.0. The van der Waals surface area contributed by atoms with Crippen molar-refractivity contribution in [2.45, 2.75) is 0 Å². The lowest BCUT2D eigenvalue weighted by Crippen LogP contribution is -2.38. The van der Waals surface area contributed by atoms with Crippen LogP contribution in [0.15, 0.2) is 46.3 Å². The highest BCUT2D eigenvalue weighted by Crippen LogP contribution is 2.29. The van der Waals surface area contributed by atoms with Crippen LogP contribution < -0.4 is 4.74 Å². The lowest BCUT2D eigenvalue weighted by atomic mass is 10.2. The minimum absolute atomic E-state index is 0.179. The van der Waals surface area contributed by atoms with Crippen molar-refractivity contribution in [3.8, 4) is 5.75 Å². The number of nitrogens with zero attached hydrogens (tertiary/aromatic N) is 2. The Balaban J connectivity index is 1.67. The summed E-state index contributed by atoms with van der Waals surface area (Å²) in [7, 11) is 1.64. The lowest BCUT2D eigenvalue weighted by molar-refractivity contribution is -0.113. The summed E-state index contributed by atoms with van der Waals surface area (Å²) in [6, 6.07) is 7.74. The number of carbonyl (C=O) groups is 1. The molecule has 120 valence electrons. The van der Waals surface area contributed by atoms with E-state index in [9.17, 15) is 4.79 Å². The summed E-state index contributed by atoms with van der Waals surface area (Å²) in [6.07, 6.45) is 5.58. The minimum atomic E-state index is -0.179. The van der Waals surface area contributed by atoms with E-state index in [1.807, 2.05) is 36.4 Å². The predicted molar refractivity (Wildman–Crippen MR) is 92.5 cm³/mol. The zero-order valence-corrected chi connectivity index (χ0v) is 13.7. The number of hydrogen-bond acceptors (Lipinski definition) is 5. The molecule has 0 aliphatic carbocycles. The highest BCUT2D eigenvalue weighted by atomic mass is 32.2. The molecule has 6 heteroatoms. The van der Waals surface area contributed by atoms with Gasteiger partial charge in [0, 0.05) is 18.7 Å². The Morgan fingerprint density at radius 1 is 1.30 bits per heavy atom. The fourth-order valence-corrected chi connectivity index (χ4v) is 3.26. The summed E-state index contributed by atoms with van der Waals surface area (Å²) in [4.78, 5) is 18.9. The van der Waals surface area contributed by atoms with Gasteiger partial charge in [-0.05, 0) is 23.9 Å². The average molecular weight is 330 g/mol. The van der Waals surface area contributed by atoms with E-state index in [2.05, 4.69) is 9.89 Å². The van der Waals surface area contributed by atoms with Crippen molar-refractivity contribution in [1.82, 2.24) is 4.90 Å². The van der Waals surface area contributed by atoms with Gasteiger partial charge in [0.15, 0.2) is 5.17 Å². The first-order chi connectivity index (χ1) is 11.3. The van der Waals surface area contributed by atoms with Crippen molar-refractivity contribution in [2.75, 3.05) is 33.4 Å². The van der Waals surface area contributed by atoms with Gasteiger partial charge in [-0.2, -0.15) is 4.99 Å². The summed E-state index contributed by atoms with van der Waals surface area (Å²) >= 11 is 1.42. The van der Waals surface area contributed by atoms with Crippen LogP contribution in [0.4, 0.5) is 0 Å². The van der Waals surface area contributed by atoms with Gasteiger partial charge in [0.2, 0.25) is 0 Å². The third kappa shape index (κ3) is 3.83. The highest BCUT2D eigenvalue weighted by Gasteiger charge is 2.26. The highest BCUT2D eigenvalue weighted by molar-refractivity contribution is 8.18. The standard InChI is InChI=1S/C17H18N2O3S/c1-21-14-7-3-2-5-13(14)6-4-8-15-16(20)18-17(23-15)19-9-11-22-12-10-19/h2-8H,9-12H2,1H3/b6-4+,15-8-. The molecule has 0 saturated carbocycles. The summed E-state index contributed by atoms with van der Waals surface area (Å²) in [5.41, 5.74) is 0.969. The van der Waals surface area contributed by atoms with Gasteiger partial charge < -0.3 is 14.4 Å². The van der Waals surface area contributed by atoms with Gasteiger partial charge in [-0.1, -0.05) is 30.4 Å². The molecule has 2 aliphatic rings. The summed E-state index contributed by atoms with van der Waals surface area (Å²) in [5, 5.41) is 0.773. The molecule has 0 aromatic heterocycles. The fraction of sp³-hybridized carbons (Fsp3) is 0.294. The molecule has 1 amide bonds. The van der Waals surface area contributed by atoms with Crippen LogP contribution in [0.2, 0.25) is 0 Å². The van der Waals surface area contributed by atoms with Crippen molar-refractivity contribution >= 4 is 28.9 Å². The largest absolute Gasteiger partial charge is 0.496 e. The van der Waals surface area contributed by atoms with E-state index in [1.54, 1.807) is 13.2 Å². The Labute approximate surface area is 139 Å². The molecule has 5 nitrogen and oxygen atoms in total. The van der Waals surface area contributed by atoms with E-state index in [1.165, 1.54) is 11.8 Å². The number of allylic oxidation sites excluding steroid dienone is 2. The first-order valence-corrected chi connectivity index (χ1v) is 8.24. The van der Waals surface area contributed by atoms with Crippen molar-refractivity contribution in [3.63, 3.8) is 0 Å². The molecule has 0 bridgehead atoms. The van der Waals surface area contributed by atoms with Gasteiger partial charge in [-0.25, -0.2) is 0 Å². The number of para-hydroxylation sites is 1. The normalized spacial score (nSPS) is 20.4. The number of morpholine rings is 1. The Bertz CT molecular complexity index is 676. The predicted octanol–water partition coefficient (Wildman–Crippen LogP) is 2.55. The Morgan fingerprint density at radius 2 is 2.09 bits per heavy atom. The fourth-order valence-electron chi connectivity index (χ4n) is 2.35. The second-order valence-electron chi connectivity index (χ2n) is 5.03. The van der Waals surface area contributed by atoms with Crippen LogP contribution >= 0.6 is 11.8 Å². The van der Waals surface area contributed by atoms with Crippen molar-refractivity contribution < 1.29 is 14.3 Å². The van der Waals surface area contributed by atoms with Gasteiger partial charge in [0.25, 0.3) is 5.91 Å². The summed E-state index contributed by atoms with van der Waals surface area (Å²) in [5.74, 6) is 0.624. The average Bonchev–Trinajstić information content (AvgIpc) is 2.97. The zero-order valence-electron chi connectivity index (χ0n) is 12.9. The van der Waals surface area contributed by atoms with Crippen molar-refractivity contribution in [3.05, 3.63) is 46.9 Å². The Morgan fingerprint density at radius 3 is 2.87 bits per heavy atom. The molecule has 0 spiro atoms. The number of thioether (sulfide) groups is 1. The number of aliphatic imine (C=N–C) groups is 1. The van der Waals surface area contributed by atoms with Gasteiger partial charge >= 0.3 is 0 Å². The molecule has 1 saturated heterocycles. The molecule has 1 fully saturated rings. The Hall–Kier alpha value is -2.05. The van der Waals surface area contributed by atoms with Gasteiger partial charge in [-0.3, -0.25) is 4.79 Å². The quantitative estimate of drug-likeness (QED) is 0.797. The monoisotopic (exact) mass is 330 g/mol. The first-order valence-electron chi connectivity index (χ1n) is 7.43. The van der Waals surface area contributed by atoms with Crippen LogP contribution in [0.3, 0.4) is 0 Å². The molecule has 3 rings (SSSR count). The van der Waals surface area contributed by atoms with E-state index in [-0.39, 0.29) is 5.91 Å². The number of methoxy groups -OCH3 is 1. The Kier molecular flexibility index (Phi) is 5.15. The number of benzene rings is 1. The van der Waals surface area contributed by atoms with E-state index >= 15 is 0 Å². The second-order valence-corrected chi connectivity index (χ2v) is 6.04. The lowest BCUT2D eigenvalue weighted by Gasteiger charge is -2.27. The van der Waals surface area contributed by atoms with Crippen LogP contribution in [-0.2, 0) is 9.53 Å². The van der Waals surface area contributed by atoms with Crippen LogP contribution in [0.5, 0.6) is 5.75 Å². The molecule has 2 aliphatic heterocycles.